The first-order chi connectivity index (χ1) is 11.1. The summed E-state index contributed by atoms with van der Waals surface area (Å²) in [5, 5.41) is 0. The van der Waals surface area contributed by atoms with Crippen LogP contribution in [0.25, 0.3) is 0 Å². The Balaban J connectivity index is 2.69. The van der Waals surface area contributed by atoms with Crippen LogP contribution < -0.4 is 0 Å². The summed E-state index contributed by atoms with van der Waals surface area (Å²) in [6, 6.07) is 0. The van der Waals surface area contributed by atoms with Gasteiger partial charge in [0.2, 0.25) is 0 Å². The quantitative estimate of drug-likeness (QED) is 0.427. The van der Waals surface area contributed by atoms with E-state index in [2.05, 4.69) is 13.8 Å². The van der Waals surface area contributed by atoms with Crippen molar-refractivity contribution in [2.45, 2.75) is 70.9 Å². The monoisotopic (exact) mass is 332 g/mol. The average molecular weight is 332 g/mol. The van der Waals surface area contributed by atoms with Crippen LogP contribution in [0.2, 0.25) is 0 Å². The van der Waals surface area contributed by atoms with Crippen LogP contribution in [0.5, 0.6) is 0 Å². The van der Waals surface area contributed by atoms with E-state index in [1.54, 1.807) is 7.11 Å². The average Bonchev–Trinajstić information content (AvgIpc) is 2.53. The van der Waals surface area contributed by atoms with E-state index in [4.69, 9.17) is 23.7 Å². The van der Waals surface area contributed by atoms with Crippen molar-refractivity contribution >= 4 is 5.97 Å². The fourth-order valence-corrected chi connectivity index (χ4v) is 2.52. The van der Waals surface area contributed by atoms with Gasteiger partial charge >= 0.3 is 5.97 Å². The topological polar surface area (TPSA) is 63.2 Å². The molecular weight excluding hydrogens is 300 g/mol. The van der Waals surface area contributed by atoms with Gasteiger partial charge in [-0.15, -0.1) is 0 Å². The number of carbonyl (C=O) groups is 1. The van der Waals surface area contributed by atoms with E-state index in [9.17, 15) is 4.79 Å². The molecule has 1 fully saturated rings. The van der Waals surface area contributed by atoms with Crippen molar-refractivity contribution in [1.82, 2.24) is 0 Å². The molecule has 0 saturated carbocycles. The highest BCUT2D eigenvalue weighted by Gasteiger charge is 2.43. The normalized spacial score (nSPS) is 27.8. The Hall–Kier alpha value is -0.690. The van der Waals surface area contributed by atoms with E-state index in [0.717, 1.165) is 25.7 Å². The second-order valence-electron chi connectivity index (χ2n) is 5.84. The zero-order valence-electron chi connectivity index (χ0n) is 14.9. The predicted molar refractivity (Wildman–Crippen MR) is 86.5 cm³/mol. The van der Waals surface area contributed by atoms with Gasteiger partial charge in [0.05, 0.1) is 13.2 Å². The number of unbranched alkanes of at least 4 members (excludes halogenated alkanes) is 2. The highest BCUT2D eigenvalue weighted by molar-refractivity contribution is 5.66. The third kappa shape index (κ3) is 7.16. The molecule has 1 rings (SSSR count). The first-order valence-electron chi connectivity index (χ1n) is 8.64. The lowest BCUT2D eigenvalue weighted by molar-refractivity contribution is -0.231. The van der Waals surface area contributed by atoms with E-state index in [1.165, 1.54) is 6.92 Å². The molecular formula is C17H32O6. The zero-order chi connectivity index (χ0) is 17.1. The SMILES string of the molecule is CCCCOC[C@H]1OC[C@H](OC)[C@@H](OCCCC)[C@@H]1OC(C)=O. The highest BCUT2D eigenvalue weighted by atomic mass is 16.6. The fourth-order valence-electron chi connectivity index (χ4n) is 2.52. The molecule has 6 heteroatoms. The minimum absolute atomic E-state index is 0.247. The lowest BCUT2D eigenvalue weighted by Crippen LogP contribution is -2.57. The summed E-state index contributed by atoms with van der Waals surface area (Å²) >= 11 is 0. The molecule has 0 aromatic rings. The van der Waals surface area contributed by atoms with Crippen LogP contribution in [0.3, 0.4) is 0 Å². The summed E-state index contributed by atoms with van der Waals surface area (Å²) in [4.78, 5) is 11.5. The number of rotatable bonds is 11. The van der Waals surface area contributed by atoms with E-state index >= 15 is 0 Å². The molecule has 0 amide bonds. The predicted octanol–water partition coefficient (Wildman–Crippen LogP) is 2.33. The zero-order valence-corrected chi connectivity index (χ0v) is 14.9. The second kappa shape index (κ2) is 11.8. The van der Waals surface area contributed by atoms with Crippen molar-refractivity contribution in [3.63, 3.8) is 0 Å². The molecule has 1 aliphatic rings. The minimum atomic E-state index is -0.510. The second-order valence-corrected chi connectivity index (χ2v) is 5.84. The van der Waals surface area contributed by atoms with Crippen LogP contribution in [0, 0.1) is 0 Å². The Morgan fingerprint density at radius 2 is 1.83 bits per heavy atom. The van der Waals surface area contributed by atoms with Crippen LogP contribution in [0.15, 0.2) is 0 Å². The van der Waals surface area contributed by atoms with Crippen molar-refractivity contribution in [3.8, 4) is 0 Å². The molecule has 4 atom stereocenters. The number of ether oxygens (including phenoxy) is 5. The minimum Gasteiger partial charge on any atom is -0.457 e. The Bertz CT molecular complexity index is 322. The molecule has 0 N–H and O–H groups in total. The Morgan fingerprint density at radius 3 is 2.43 bits per heavy atom. The smallest absolute Gasteiger partial charge is 0.303 e. The molecule has 0 aliphatic carbocycles. The molecule has 0 aromatic heterocycles. The molecule has 136 valence electrons. The first kappa shape index (κ1) is 20.4. The van der Waals surface area contributed by atoms with E-state index < -0.39 is 6.10 Å². The lowest BCUT2D eigenvalue weighted by Gasteiger charge is -2.41. The largest absolute Gasteiger partial charge is 0.457 e. The van der Waals surface area contributed by atoms with Crippen molar-refractivity contribution < 1.29 is 28.5 Å². The summed E-state index contributed by atoms with van der Waals surface area (Å²) in [6.45, 7) is 7.71. The van der Waals surface area contributed by atoms with Gasteiger partial charge in [-0.05, 0) is 12.8 Å². The summed E-state index contributed by atoms with van der Waals surface area (Å²) in [6.07, 6.45) is 2.67. The van der Waals surface area contributed by atoms with E-state index in [1.807, 2.05) is 0 Å². The number of methoxy groups -OCH3 is 1. The Labute approximate surface area is 139 Å². The van der Waals surface area contributed by atoms with Gasteiger partial charge in [0, 0.05) is 27.2 Å². The number of carbonyl (C=O) groups excluding carboxylic acids is 1. The van der Waals surface area contributed by atoms with Gasteiger partial charge in [-0.25, -0.2) is 0 Å². The highest BCUT2D eigenvalue weighted by Crippen LogP contribution is 2.24. The van der Waals surface area contributed by atoms with Crippen LogP contribution in [-0.2, 0) is 28.5 Å². The van der Waals surface area contributed by atoms with Gasteiger partial charge in [-0.2, -0.15) is 0 Å². The van der Waals surface area contributed by atoms with Gasteiger partial charge in [0.1, 0.15) is 18.3 Å². The van der Waals surface area contributed by atoms with Crippen molar-refractivity contribution in [3.05, 3.63) is 0 Å². The van der Waals surface area contributed by atoms with Crippen molar-refractivity contribution in [2.75, 3.05) is 33.5 Å². The summed E-state index contributed by atoms with van der Waals surface area (Å²) in [5.74, 6) is -0.349. The maximum absolute atomic E-state index is 11.5. The van der Waals surface area contributed by atoms with Gasteiger partial charge < -0.3 is 23.7 Å². The standard InChI is InChI=1S/C17H32O6/c1-5-7-9-20-11-15-17(23-13(3)18)16(21-10-8-6-2)14(19-4)12-22-15/h14-17H,5-12H2,1-4H3/t14-,15+,16+,17+/m0/s1. The van der Waals surface area contributed by atoms with Crippen molar-refractivity contribution in [1.29, 1.82) is 0 Å². The first-order valence-corrected chi connectivity index (χ1v) is 8.64. The number of hydrogen-bond donors (Lipinski definition) is 0. The molecule has 0 bridgehead atoms. The molecule has 0 unspecified atom stereocenters. The van der Waals surface area contributed by atoms with Gasteiger partial charge in [-0.3, -0.25) is 4.79 Å². The number of esters is 1. The van der Waals surface area contributed by atoms with Crippen LogP contribution in [0.4, 0.5) is 0 Å². The Morgan fingerprint density at radius 1 is 1.13 bits per heavy atom. The molecule has 6 nitrogen and oxygen atoms in total. The fraction of sp³-hybridized carbons (Fsp3) is 0.941. The molecule has 1 heterocycles. The van der Waals surface area contributed by atoms with E-state index in [0.29, 0.717) is 26.4 Å². The van der Waals surface area contributed by atoms with Gasteiger partial charge in [0.25, 0.3) is 0 Å². The molecule has 0 radical (unpaired) electrons. The van der Waals surface area contributed by atoms with Gasteiger partial charge in [0.15, 0.2) is 6.10 Å². The third-order valence-corrected chi connectivity index (χ3v) is 3.87. The van der Waals surface area contributed by atoms with E-state index in [-0.39, 0.29) is 24.3 Å². The molecule has 0 spiro atoms. The lowest BCUT2D eigenvalue weighted by atomic mass is 9.99. The third-order valence-electron chi connectivity index (χ3n) is 3.87. The molecule has 0 aromatic carbocycles. The van der Waals surface area contributed by atoms with Crippen LogP contribution in [-0.4, -0.2) is 63.9 Å². The molecule has 23 heavy (non-hydrogen) atoms. The number of hydrogen-bond acceptors (Lipinski definition) is 6. The summed E-state index contributed by atoms with van der Waals surface area (Å²) < 4.78 is 28.4. The van der Waals surface area contributed by atoms with Gasteiger partial charge in [-0.1, -0.05) is 26.7 Å². The Kier molecular flexibility index (Phi) is 10.4. The maximum atomic E-state index is 11.5. The van der Waals surface area contributed by atoms with Crippen LogP contribution >= 0.6 is 0 Å². The van der Waals surface area contributed by atoms with Crippen molar-refractivity contribution in [2.24, 2.45) is 0 Å². The molecule has 1 aliphatic heterocycles. The molecule has 1 saturated heterocycles. The summed E-state index contributed by atoms with van der Waals surface area (Å²) in [7, 11) is 1.62. The van der Waals surface area contributed by atoms with Crippen LogP contribution in [0.1, 0.15) is 46.5 Å². The summed E-state index contributed by atoms with van der Waals surface area (Å²) in [5.41, 5.74) is 0. The maximum Gasteiger partial charge on any atom is 0.303 e.